The van der Waals surface area contributed by atoms with Crippen LogP contribution in [0.4, 0.5) is 0 Å². The summed E-state index contributed by atoms with van der Waals surface area (Å²) in [5.74, 6) is 1.13. The van der Waals surface area contributed by atoms with Crippen LogP contribution in [-0.2, 0) is 0 Å². The summed E-state index contributed by atoms with van der Waals surface area (Å²) in [6.07, 6.45) is 4.77. The van der Waals surface area contributed by atoms with E-state index in [-0.39, 0.29) is 17.2 Å². The van der Waals surface area contributed by atoms with E-state index in [0.29, 0.717) is 53.6 Å². The molecular formula is C29H33N3O6. The zero-order valence-corrected chi connectivity index (χ0v) is 22.0. The first-order valence-corrected chi connectivity index (χ1v) is 11.9. The van der Waals surface area contributed by atoms with Crippen LogP contribution in [0.2, 0.25) is 0 Å². The SMILES string of the molecule is COc1cccc(C=NCC(C)(CN=Cc2cccc(OC)c2O)CN=Cc2cccc(OC)c2O)c1O. The van der Waals surface area contributed by atoms with Crippen LogP contribution in [-0.4, -0.2) is 74.9 Å². The minimum atomic E-state index is -0.527. The van der Waals surface area contributed by atoms with E-state index in [1.807, 2.05) is 6.92 Å². The maximum absolute atomic E-state index is 10.4. The van der Waals surface area contributed by atoms with E-state index in [1.165, 1.54) is 21.3 Å². The molecular weight excluding hydrogens is 486 g/mol. The van der Waals surface area contributed by atoms with Gasteiger partial charge in [0.25, 0.3) is 0 Å². The monoisotopic (exact) mass is 519 g/mol. The van der Waals surface area contributed by atoms with E-state index in [0.717, 1.165) is 0 Å². The van der Waals surface area contributed by atoms with Crippen molar-refractivity contribution in [3.63, 3.8) is 0 Å². The molecule has 0 saturated heterocycles. The molecule has 0 unspecified atom stereocenters. The molecule has 0 aliphatic heterocycles. The molecule has 9 heteroatoms. The zero-order valence-electron chi connectivity index (χ0n) is 22.0. The Morgan fingerprint density at radius 1 is 0.579 bits per heavy atom. The molecule has 200 valence electrons. The molecule has 0 radical (unpaired) electrons. The molecule has 3 aromatic rings. The lowest BCUT2D eigenvalue weighted by Crippen LogP contribution is -2.28. The zero-order chi connectivity index (χ0) is 27.5. The molecule has 0 atom stereocenters. The van der Waals surface area contributed by atoms with Gasteiger partial charge in [-0.2, -0.15) is 0 Å². The van der Waals surface area contributed by atoms with Gasteiger partial charge in [0.2, 0.25) is 0 Å². The molecule has 9 nitrogen and oxygen atoms in total. The molecule has 0 fully saturated rings. The van der Waals surface area contributed by atoms with Gasteiger partial charge in [-0.15, -0.1) is 0 Å². The summed E-state index contributed by atoms with van der Waals surface area (Å²) in [5, 5.41) is 31.1. The number of nitrogens with zero attached hydrogens (tertiary/aromatic N) is 3. The number of aromatic hydroxyl groups is 3. The number of aliphatic imine (C=N–C) groups is 3. The fourth-order valence-corrected chi connectivity index (χ4v) is 3.67. The summed E-state index contributed by atoms with van der Waals surface area (Å²) in [4.78, 5) is 13.7. The second-order valence-electron chi connectivity index (χ2n) is 8.91. The van der Waals surface area contributed by atoms with Gasteiger partial charge in [-0.3, -0.25) is 15.0 Å². The Morgan fingerprint density at radius 2 is 0.868 bits per heavy atom. The van der Waals surface area contributed by atoms with Crippen molar-refractivity contribution in [2.45, 2.75) is 6.92 Å². The van der Waals surface area contributed by atoms with E-state index in [4.69, 9.17) is 14.2 Å². The molecule has 0 heterocycles. The smallest absolute Gasteiger partial charge is 0.166 e. The topological polar surface area (TPSA) is 125 Å². The van der Waals surface area contributed by atoms with Crippen LogP contribution >= 0.6 is 0 Å². The predicted molar refractivity (Wildman–Crippen MR) is 149 cm³/mol. The summed E-state index contributed by atoms with van der Waals surface area (Å²) >= 11 is 0. The number of hydrogen-bond acceptors (Lipinski definition) is 9. The third kappa shape index (κ3) is 7.03. The largest absolute Gasteiger partial charge is 0.504 e. The van der Waals surface area contributed by atoms with Gasteiger partial charge in [0.15, 0.2) is 34.5 Å². The molecule has 0 spiro atoms. The first-order chi connectivity index (χ1) is 18.3. The Hall–Kier alpha value is -4.53. The van der Waals surface area contributed by atoms with Crippen LogP contribution < -0.4 is 14.2 Å². The van der Waals surface area contributed by atoms with E-state index in [1.54, 1.807) is 73.2 Å². The minimum Gasteiger partial charge on any atom is -0.504 e. The van der Waals surface area contributed by atoms with Crippen molar-refractivity contribution < 1.29 is 29.5 Å². The first-order valence-electron chi connectivity index (χ1n) is 11.9. The lowest BCUT2D eigenvalue weighted by molar-refractivity contribution is 0.365. The number of methoxy groups -OCH3 is 3. The highest BCUT2D eigenvalue weighted by molar-refractivity contribution is 5.86. The fraction of sp³-hybridized carbons (Fsp3) is 0.276. The Morgan fingerprint density at radius 3 is 1.13 bits per heavy atom. The van der Waals surface area contributed by atoms with Crippen molar-refractivity contribution in [2.75, 3.05) is 41.0 Å². The van der Waals surface area contributed by atoms with Gasteiger partial charge in [0, 0.05) is 60.4 Å². The highest BCUT2D eigenvalue weighted by Gasteiger charge is 2.23. The molecule has 0 aliphatic rings. The van der Waals surface area contributed by atoms with Gasteiger partial charge < -0.3 is 29.5 Å². The second-order valence-corrected chi connectivity index (χ2v) is 8.91. The molecule has 0 saturated carbocycles. The summed E-state index contributed by atoms with van der Waals surface area (Å²) < 4.78 is 15.5. The maximum Gasteiger partial charge on any atom is 0.166 e. The Labute approximate surface area is 222 Å². The number of ether oxygens (including phenoxy) is 3. The van der Waals surface area contributed by atoms with E-state index < -0.39 is 5.41 Å². The number of benzene rings is 3. The average Bonchev–Trinajstić information content (AvgIpc) is 2.91. The van der Waals surface area contributed by atoms with Crippen LogP contribution in [0.1, 0.15) is 23.6 Å². The van der Waals surface area contributed by atoms with Crippen molar-refractivity contribution in [3.8, 4) is 34.5 Å². The van der Waals surface area contributed by atoms with Crippen LogP contribution in [0.25, 0.3) is 0 Å². The van der Waals surface area contributed by atoms with Gasteiger partial charge in [-0.25, -0.2) is 0 Å². The van der Waals surface area contributed by atoms with Crippen LogP contribution in [0.5, 0.6) is 34.5 Å². The molecule has 3 rings (SSSR count). The highest BCUT2D eigenvalue weighted by atomic mass is 16.5. The standard InChI is InChI=1S/C29H33N3O6/c1-29(17-30-14-20-8-5-11-23(36-2)26(20)33,18-31-15-21-9-6-12-24(37-3)27(21)34)19-32-16-22-10-7-13-25(38-4)28(22)35/h5-16,33-35H,17-19H2,1-4H3. The summed E-state index contributed by atoms with van der Waals surface area (Å²) in [6, 6.07) is 15.6. The Kier molecular flexibility index (Phi) is 9.70. The third-order valence-corrected chi connectivity index (χ3v) is 5.86. The number of rotatable bonds is 12. The van der Waals surface area contributed by atoms with Gasteiger partial charge in [0.05, 0.1) is 21.3 Å². The predicted octanol–water partition coefficient (Wildman–Crippen LogP) is 4.49. The maximum atomic E-state index is 10.4. The van der Waals surface area contributed by atoms with Crippen molar-refractivity contribution in [3.05, 3.63) is 71.3 Å². The Balaban J connectivity index is 1.82. The fourth-order valence-electron chi connectivity index (χ4n) is 3.67. The van der Waals surface area contributed by atoms with Crippen molar-refractivity contribution in [2.24, 2.45) is 20.4 Å². The van der Waals surface area contributed by atoms with Crippen LogP contribution in [0.15, 0.2) is 69.6 Å². The number of para-hydroxylation sites is 3. The van der Waals surface area contributed by atoms with Crippen molar-refractivity contribution in [1.82, 2.24) is 0 Å². The first kappa shape index (κ1) is 28.0. The van der Waals surface area contributed by atoms with Gasteiger partial charge >= 0.3 is 0 Å². The van der Waals surface area contributed by atoms with E-state index >= 15 is 0 Å². The summed E-state index contributed by atoms with van der Waals surface area (Å²) in [6.45, 7) is 3.01. The molecule has 0 aromatic heterocycles. The van der Waals surface area contributed by atoms with Crippen molar-refractivity contribution >= 4 is 18.6 Å². The molecule has 0 aliphatic carbocycles. The summed E-state index contributed by atoms with van der Waals surface area (Å²) in [7, 11) is 4.47. The summed E-state index contributed by atoms with van der Waals surface area (Å²) in [5.41, 5.74) is 1.06. The molecule has 0 amide bonds. The van der Waals surface area contributed by atoms with Crippen LogP contribution in [0, 0.1) is 5.41 Å². The van der Waals surface area contributed by atoms with Gasteiger partial charge in [-0.05, 0) is 36.4 Å². The second kappa shape index (κ2) is 13.1. The van der Waals surface area contributed by atoms with Crippen molar-refractivity contribution in [1.29, 1.82) is 0 Å². The van der Waals surface area contributed by atoms with Crippen LogP contribution in [0.3, 0.4) is 0 Å². The van der Waals surface area contributed by atoms with E-state index in [2.05, 4.69) is 15.0 Å². The average molecular weight is 520 g/mol. The molecule has 38 heavy (non-hydrogen) atoms. The third-order valence-electron chi connectivity index (χ3n) is 5.86. The lowest BCUT2D eigenvalue weighted by atomic mass is 9.91. The normalized spacial score (nSPS) is 13.3. The number of hydrogen-bond donors (Lipinski definition) is 3. The molecule has 3 aromatic carbocycles. The Bertz CT molecular complexity index is 1160. The van der Waals surface area contributed by atoms with Gasteiger partial charge in [-0.1, -0.05) is 25.1 Å². The van der Waals surface area contributed by atoms with E-state index in [9.17, 15) is 15.3 Å². The molecule has 0 bridgehead atoms. The minimum absolute atomic E-state index is 0.0125. The highest BCUT2D eigenvalue weighted by Crippen LogP contribution is 2.30. The quantitative estimate of drug-likeness (QED) is 0.303. The molecule has 3 N–H and O–H groups in total. The number of phenols is 3. The lowest BCUT2D eigenvalue weighted by Gasteiger charge is -2.23. The number of phenolic OH excluding ortho intramolecular Hbond substituents is 3. The van der Waals surface area contributed by atoms with Gasteiger partial charge in [0.1, 0.15) is 0 Å².